The van der Waals surface area contributed by atoms with Crippen LogP contribution >= 0.6 is 0 Å². The third kappa shape index (κ3) is 2.41. The number of nitrogens with one attached hydrogen (secondary N) is 1. The summed E-state index contributed by atoms with van der Waals surface area (Å²) in [6.45, 7) is 1.33. The summed E-state index contributed by atoms with van der Waals surface area (Å²) in [4.78, 5) is 12.9. The first-order chi connectivity index (χ1) is 12.3. The van der Waals surface area contributed by atoms with Crippen molar-refractivity contribution in [2.75, 3.05) is 20.3 Å². The SMILES string of the molecule is COc1ccc(-c2cnc3[nH]c4c(c3n2)CC2(CC4)OCCO2)cc1. The molecule has 1 spiro atoms. The number of rotatable bonds is 2. The van der Waals surface area contributed by atoms with E-state index in [0.29, 0.717) is 13.2 Å². The zero-order valence-corrected chi connectivity index (χ0v) is 14.0. The molecule has 25 heavy (non-hydrogen) atoms. The zero-order valence-electron chi connectivity index (χ0n) is 14.0. The van der Waals surface area contributed by atoms with Crippen LogP contribution in [0.15, 0.2) is 30.5 Å². The predicted octanol–water partition coefficient (Wildman–Crippen LogP) is 2.87. The molecule has 0 amide bonds. The molecule has 2 aromatic heterocycles. The van der Waals surface area contributed by atoms with Crippen LogP contribution in [0.3, 0.4) is 0 Å². The summed E-state index contributed by atoms with van der Waals surface area (Å²) < 4.78 is 17.0. The lowest BCUT2D eigenvalue weighted by atomic mass is 9.91. The van der Waals surface area contributed by atoms with Gasteiger partial charge < -0.3 is 19.2 Å². The number of methoxy groups -OCH3 is 1. The van der Waals surface area contributed by atoms with Crippen molar-refractivity contribution < 1.29 is 14.2 Å². The monoisotopic (exact) mass is 337 g/mol. The van der Waals surface area contributed by atoms with E-state index in [9.17, 15) is 0 Å². The molecule has 128 valence electrons. The molecule has 0 bridgehead atoms. The van der Waals surface area contributed by atoms with Crippen molar-refractivity contribution in [3.63, 3.8) is 0 Å². The van der Waals surface area contributed by atoms with Crippen molar-refractivity contribution in [3.8, 4) is 17.0 Å². The van der Waals surface area contributed by atoms with E-state index >= 15 is 0 Å². The van der Waals surface area contributed by atoms with Gasteiger partial charge in [-0.15, -0.1) is 0 Å². The summed E-state index contributed by atoms with van der Waals surface area (Å²) in [5.41, 5.74) is 5.99. The Morgan fingerprint density at radius 2 is 1.96 bits per heavy atom. The Balaban J connectivity index is 1.57. The zero-order chi connectivity index (χ0) is 16.9. The Morgan fingerprint density at radius 3 is 2.72 bits per heavy atom. The second-order valence-electron chi connectivity index (χ2n) is 6.55. The van der Waals surface area contributed by atoms with Crippen LogP contribution in [-0.2, 0) is 22.3 Å². The lowest BCUT2D eigenvalue weighted by Gasteiger charge is -2.31. The molecule has 3 heterocycles. The maximum absolute atomic E-state index is 5.90. The first kappa shape index (κ1) is 14.9. The summed E-state index contributed by atoms with van der Waals surface area (Å²) in [5.74, 6) is 0.356. The molecular weight excluding hydrogens is 318 g/mol. The molecule has 0 atom stereocenters. The van der Waals surface area contributed by atoms with E-state index in [1.165, 1.54) is 11.3 Å². The molecule has 6 nitrogen and oxygen atoms in total. The highest BCUT2D eigenvalue weighted by Gasteiger charge is 2.41. The number of benzene rings is 1. The van der Waals surface area contributed by atoms with Crippen molar-refractivity contribution in [3.05, 3.63) is 41.7 Å². The van der Waals surface area contributed by atoms with Crippen LogP contribution in [0.2, 0.25) is 0 Å². The van der Waals surface area contributed by atoms with E-state index in [4.69, 9.17) is 19.2 Å². The van der Waals surface area contributed by atoms with Gasteiger partial charge in [0.25, 0.3) is 0 Å². The molecule has 0 saturated carbocycles. The van der Waals surface area contributed by atoms with Gasteiger partial charge in [-0.2, -0.15) is 0 Å². The molecule has 3 aromatic rings. The smallest absolute Gasteiger partial charge is 0.173 e. The number of aromatic nitrogens is 3. The Bertz CT molecular complexity index is 927. The van der Waals surface area contributed by atoms with Gasteiger partial charge in [-0.1, -0.05) is 0 Å². The predicted molar refractivity (Wildman–Crippen MR) is 92.5 cm³/mol. The van der Waals surface area contributed by atoms with Gasteiger partial charge in [0, 0.05) is 29.7 Å². The standard InChI is InChI=1S/C19H19N3O3/c1-23-13-4-2-12(3-5-13)16-11-20-18-17(21-16)14-10-19(24-8-9-25-19)7-6-15(14)22-18/h2-5,11H,6-10H2,1H3,(H,20,22). The van der Waals surface area contributed by atoms with Crippen LogP contribution < -0.4 is 4.74 Å². The largest absolute Gasteiger partial charge is 0.497 e. The van der Waals surface area contributed by atoms with Crippen LogP contribution in [-0.4, -0.2) is 41.1 Å². The molecule has 0 unspecified atom stereocenters. The maximum Gasteiger partial charge on any atom is 0.173 e. The quantitative estimate of drug-likeness (QED) is 0.779. The van der Waals surface area contributed by atoms with E-state index < -0.39 is 5.79 Å². The average Bonchev–Trinajstić information content (AvgIpc) is 3.26. The number of aromatic amines is 1. The highest BCUT2D eigenvalue weighted by atomic mass is 16.7. The van der Waals surface area contributed by atoms with Gasteiger partial charge in [0.05, 0.1) is 32.2 Å². The van der Waals surface area contributed by atoms with Gasteiger partial charge in [0.1, 0.15) is 11.3 Å². The Hall–Kier alpha value is -2.44. The summed E-state index contributed by atoms with van der Waals surface area (Å²) in [6, 6.07) is 7.86. The molecule has 2 aliphatic rings. The van der Waals surface area contributed by atoms with Crippen molar-refractivity contribution in [1.29, 1.82) is 0 Å². The summed E-state index contributed by atoms with van der Waals surface area (Å²) in [6.07, 6.45) is 4.30. The van der Waals surface area contributed by atoms with Crippen LogP contribution in [0.1, 0.15) is 17.7 Å². The molecule has 1 saturated heterocycles. The van der Waals surface area contributed by atoms with E-state index in [1.54, 1.807) is 7.11 Å². The minimum atomic E-state index is -0.472. The number of hydrogen-bond donors (Lipinski definition) is 1. The lowest BCUT2D eigenvalue weighted by Crippen LogP contribution is -2.36. The molecule has 1 fully saturated rings. The molecule has 0 radical (unpaired) electrons. The Labute approximate surface area is 145 Å². The van der Waals surface area contributed by atoms with Gasteiger partial charge in [0.2, 0.25) is 0 Å². The summed E-state index contributed by atoms with van der Waals surface area (Å²) >= 11 is 0. The summed E-state index contributed by atoms with van der Waals surface area (Å²) in [7, 11) is 1.66. The number of fused-ring (bicyclic) bond motifs is 3. The highest BCUT2D eigenvalue weighted by Crippen LogP contribution is 2.38. The fourth-order valence-electron chi connectivity index (χ4n) is 3.77. The molecule has 1 aliphatic carbocycles. The van der Waals surface area contributed by atoms with Gasteiger partial charge in [-0.05, 0) is 30.7 Å². The van der Waals surface area contributed by atoms with Gasteiger partial charge in [-0.3, -0.25) is 0 Å². The van der Waals surface area contributed by atoms with E-state index in [0.717, 1.165) is 47.4 Å². The first-order valence-electron chi connectivity index (χ1n) is 8.55. The number of aryl methyl sites for hydroxylation is 1. The minimum Gasteiger partial charge on any atom is -0.497 e. The van der Waals surface area contributed by atoms with Crippen molar-refractivity contribution >= 4 is 11.2 Å². The highest BCUT2D eigenvalue weighted by molar-refractivity contribution is 5.80. The third-order valence-electron chi connectivity index (χ3n) is 5.09. The molecule has 1 aliphatic heterocycles. The second-order valence-corrected chi connectivity index (χ2v) is 6.55. The van der Waals surface area contributed by atoms with Crippen LogP contribution in [0.4, 0.5) is 0 Å². The molecule has 5 rings (SSSR count). The van der Waals surface area contributed by atoms with Crippen molar-refractivity contribution in [1.82, 2.24) is 15.0 Å². The molecular formula is C19H19N3O3. The number of ether oxygens (including phenoxy) is 3. The van der Waals surface area contributed by atoms with Crippen LogP contribution in [0.5, 0.6) is 5.75 Å². The van der Waals surface area contributed by atoms with Crippen LogP contribution in [0, 0.1) is 0 Å². The minimum absolute atomic E-state index is 0.472. The van der Waals surface area contributed by atoms with Crippen molar-refractivity contribution in [2.24, 2.45) is 0 Å². The normalized spacial score (nSPS) is 18.6. The summed E-state index contributed by atoms with van der Waals surface area (Å²) in [5, 5.41) is 0. The van der Waals surface area contributed by atoms with E-state index in [2.05, 4.69) is 9.97 Å². The maximum atomic E-state index is 5.90. The Morgan fingerprint density at radius 1 is 1.16 bits per heavy atom. The average molecular weight is 337 g/mol. The third-order valence-corrected chi connectivity index (χ3v) is 5.09. The first-order valence-corrected chi connectivity index (χ1v) is 8.55. The van der Waals surface area contributed by atoms with E-state index in [1.807, 2.05) is 30.5 Å². The molecule has 6 heteroatoms. The van der Waals surface area contributed by atoms with Crippen molar-refractivity contribution in [2.45, 2.75) is 25.0 Å². The lowest BCUT2D eigenvalue weighted by molar-refractivity contribution is -0.163. The van der Waals surface area contributed by atoms with Crippen LogP contribution in [0.25, 0.3) is 22.4 Å². The molecule has 1 aromatic carbocycles. The van der Waals surface area contributed by atoms with Gasteiger partial charge in [0.15, 0.2) is 11.4 Å². The van der Waals surface area contributed by atoms with Gasteiger partial charge in [-0.25, -0.2) is 9.97 Å². The number of hydrogen-bond acceptors (Lipinski definition) is 5. The number of nitrogens with zero attached hydrogens (tertiary/aromatic N) is 2. The van der Waals surface area contributed by atoms with Gasteiger partial charge >= 0.3 is 0 Å². The topological polar surface area (TPSA) is 69.3 Å². The second kappa shape index (κ2) is 5.54. The fourth-order valence-corrected chi connectivity index (χ4v) is 3.77. The number of H-pyrrole nitrogens is 1. The fraction of sp³-hybridized carbons (Fsp3) is 0.368. The molecule has 1 N–H and O–H groups in total. The Kier molecular flexibility index (Phi) is 3.29. The van der Waals surface area contributed by atoms with E-state index in [-0.39, 0.29) is 0 Å².